The molecular formula is C25H26N4O6S. The number of ether oxygens (including phenoxy) is 2. The minimum atomic E-state index is -4.10. The van der Waals surface area contributed by atoms with Crippen LogP contribution in [0.4, 0.5) is 5.69 Å². The van der Waals surface area contributed by atoms with Crippen molar-refractivity contribution in [2.45, 2.75) is 11.8 Å². The van der Waals surface area contributed by atoms with Crippen molar-refractivity contribution in [3.63, 3.8) is 0 Å². The standard InChI is InChI=1S/C25H26N4O6S/c1-18-7-13-21(14-8-18)36(32,33)29(22-5-3-4-6-23(22)34-2)16-25(31)28-27-15-19-9-11-20(12-10-19)35-17-24(26)30/h3-15H,16-17H2,1-2H3,(H2,26,30)(H,28,31)/b27-15-. The molecule has 0 aliphatic rings. The van der Waals surface area contributed by atoms with Gasteiger partial charge in [-0.1, -0.05) is 29.8 Å². The van der Waals surface area contributed by atoms with Gasteiger partial charge in [0.15, 0.2) is 6.61 Å². The predicted molar refractivity (Wildman–Crippen MR) is 136 cm³/mol. The number of methoxy groups -OCH3 is 1. The van der Waals surface area contributed by atoms with Gasteiger partial charge < -0.3 is 15.2 Å². The minimum absolute atomic E-state index is 0.0361. The number of primary amides is 1. The molecule has 3 N–H and O–H groups in total. The summed E-state index contributed by atoms with van der Waals surface area (Å²) in [5, 5.41) is 3.91. The third kappa shape index (κ3) is 6.83. The first-order valence-electron chi connectivity index (χ1n) is 10.8. The molecule has 3 aromatic rings. The Morgan fingerprint density at radius 1 is 1.03 bits per heavy atom. The number of nitrogens with one attached hydrogen (secondary N) is 1. The van der Waals surface area contributed by atoms with Gasteiger partial charge in [0.05, 0.1) is 23.9 Å². The number of nitrogens with two attached hydrogens (primary N) is 1. The summed E-state index contributed by atoms with van der Waals surface area (Å²) in [4.78, 5) is 23.5. The average Bonchev–Trinajstić information content (AvgIpc) is 2.87. The highest BCUT2D eigenvalue weighted by Crippen LogP contribution is 2.32. The SMILES string of the molecule is COc1ccccc1N(CC(=O)N/N=C\c1ccc(OCC(N)=O)cc1)S(=O)(=O)c1ccc(C)cc1. The zero-order valence-electron chi connectivity index (χ0n) is 19.7. The Bertz CT molecular complexity index is 1340. The lowest BCUT2D eigenvalue weighted by Crippen LogP contribution is -2.39. The molecule has 0 unspecified atom stereocenters. The minimum Gasteiger partial charge on any atom is -0.495 e. The molecule has 0 fully saturated rings. The van der Waals surface area contributed by atoms with Crippen LogP contribution in [-0.4, -0.2) is 46.7 Å². The van der Waals surface area contributed by atoms with E-state index in [4.69, 9.17) is 15.2 Å². The molecule has 0 bridgehead atoms. The molecule has 11 heteroatoms. The summed E-state index contributed by atoms with van der Waals surface area (Å²) in [7, 11) is -2.68. The smallest absolute Gasteiger partial charge is 0.264 e. The Labute approximate surface area is 209 Å². The molecule has 0 atom stereocenters. The maximum absolute atomic E-state index is 13.5. The second-order valence-electron chi connectivity index (χ2n) is 7.61. The summed E-state index contributed by atoms with van der Waals surface area (Å²) in [5.41, 5.74) is 9.14. The van der Waals surface area contributed by atoms with E-state index in [9.17, 15) is 18.0 Å². The molecule has 0 aliphatic heterocycles. The fraction of sp³-hybridized carbons (Fsp3) is 0.160. The molecule has 188 valence electrons. The van der Waals surface area contributed by atoms with Crippen molar-refractivity contribution in [1.82, 2.24) is 5.43 Å². The summed E-state index contributed by atoms with van der Waals surface area (Å²) in [6, 6.07) is 19.4. The van der Waals surface area contributed by atoms with Gasteiger partial charge in [-0.05, 0) is 61.0 Å². The second kappa shape index (κ2) is 11.8. The van der Waals surface area contributed by atoms with E-state index < -0.39 is 28.4 Å². The highest BCUT2D eigenvalue weighted by molar-refractivity contribution is 7.92. The topological polar surface area (TPSA) is 140 Å². The maximum Gasteiger partial charge on any atom is 0.264 e. The number of carbonyl (C=O) groups excluding carboxylic acids is 2. The number of hydrogen-bond donors (Lipinski definition) is 2. The lowest BCUT2D eigenvalue weighted by Gasteiger charge is -2.25. The summed E-state index contributed by atoms with van der Waals surface area (Å²) in [6.07, 6.45) is 1.39. The normalized spacial score (nSPS) is 11.2. The van der Waals surface area contributed by atoms with Crippen LogP contribution < -0.4 is 24.9 Å². The van der Waals surface area contributed by atoms with E-state index in [1.165, 1.54) is 25.5 Å². The van der Waals surface area contributed by atoms with Gasteiger partial charge in [-0.3, -0.25) is 13.9 Å². The van der Waals surface area contributed by atoms with Crippen LogP contribution in [-0.2, 0) is 19.6 Å². The Kier molecular flexibility index (Phi) is 8.63. The van der Waals surface area contributed by atoms with Crippen molar-refractivity contribution < 1.29 is 27.5 Å². The summed E-state index contributed by atoms with van der Waals surface area (Å²) < 4.78 is 38.5. The van der Waals surface area contributed by atoms with Crippen LogP contribution in [0.25, 0.3) is 0 Å². The van der Waals surface area contributed by atoms with E-state index in [0.717, 1.165) is 9.87 Å². The zero-order valence-corrected chi connectivity index (χ0v) is 20.6. The molecule has 36 heavy (non-hydrogen) atoms. The molecule has 0 heterocycles. The molecule has 0 aliphatic carbocycles. The van der Waals surface area contributed by atoms with Gasteiger partial charge >= 0.3 is 0 Å². The van der Waals surface area contributed by atoms with E-state index in [1.807, 2.05) is 6.92 Å². The number of para-hydroxylation sites is 2. The number of nitrogens with zero attached hydrogens (tertiary/aromatic N) is 2. The molecule has 0 saturated heterocycles. The van der Waals surface area contributed by atoms with Crippen LogP contribution in [0.3, 0.4) is 0 Å². The summed E-state index contributed by atoms with van der Waals surface area (Å²) in [6.45, 7) is 1.08. The molecule has 0 spiro atoms. The molecule has 2 amide bonds. The third-order valence-corrected chi connectivity index (χ3v) is 6.69. The maximum atomic E-state index is 13.5. The highest BCUT2D eigenvalue weighted by Gasteiger charge is 2.29. The number of benzene rings is 3. The van der Waals surface area contributed by atoms with Crippen molar-refractivity contribution in [2.75, 3.05) is 24.6 Å². The van der Waals surface area contributed by atoms with Gasteiger partial charge in [-0.2, -0.15) is 5.10 Å². The molecule has 0 radical (unpaired) electrons. The largest absolute Gasteiger partial charge is 0.495 e. The van der Waals surface area contributed by atoms with E-state index in [1.54, 1.807) is 60.7 Å². The molecule has 3 aromatic carbocycles. The van der Waals surface area contributed by atoms with Crippen LogP contribution in [0.2, 0.25) is 0 Å². The lowest BCUT2D eigenvalue weighted by molar-refractivity contribution is -0.120. The second-order valence-corrected chi connectivity index (χ2v) is 9.48. The average molecular weight is 511 g/mol. The highest BCUT2D eigenvalue weighted by atomic mass is 32.2. The number of rotatable bonds is 11. The third-order valence-electron chi connectivity index (χ3n) is 4.91. The van der Waals surface area contributed by atoms with E-state index in [2.05, 4.69) is 10.5 Å². The fourth-order valence-electron chi connectivity index (χ4n) is 3.12. The summed E-state index contributed by atoms with van der Waals surface area (Å²) in [5.74, 6) is -0.504. The van der Waals surface area contributed by atoms with Crippen LogP contribution in [0.5, 0.6) is 11.5 Å². The summed E-state index contributed by atoms with van der Waals surface area (Å²) >= 11 is 0. The van der Waals surface area contributed by atoms with Crippen molar-refractivity contribution in [2.24, 2.45) is 10.8 Å². The Morgan fingerprint density at radius 3 is 2.33 bits per heavy atom. The van der Waals surface area contributed by atoms with Gasteiger partial charge in [0.2, 0.25) is 0 Å². The Hall–Kier alpha value is -4.38. The van der Waals surface area contributed by atoms with Crippen LogP contribution in [0.15, 0.2) is 82.8 Å². The van der Waals surface area contributed by atoms with E-state index >= 15 is 0 Å². The van der Waals surface area contributed by atoms with Crippen LogP contribution in [0, 0.1) is 6.92 Å². The quantitative estimate of drug-likeness (QED) is 0.299. The Morgan fingerprint density at radius 2 is 1.69 bits per heavy atom. The number of aryl methyl sites for hydroxylation is 1. The monoisotopic (exact) mass is 510 g/mol. The van der Waals surface area contributed by atoms with Gasteiger partial charge in [0.25, 0.3) is 21.8 Å². The van der Waals surface area contributed by atoms with Crippen molar-refractivity contribution in [3.8, 4) is 11.5 Å². The predicted octanol–water partition coefficient (Wildman–Crippen LogP) is 2.21. The van der Waals surface area contributed by atoms with Crippen LogP contribution >= 0.6 is 0 Å². The first-order chi connectivity index (χ1) is 17.2. The number of hydrazone groups is 1. The molecular weight excluding hydrogens is 484 g/mol. The van der Waals surface area contributed by atoms with Crippen molar-refractivity contribution in [1.29, 1.82) is 0 Å². The van der Waals surface area contributed by atoms with E-state index in [-0.39, 0.29) is 17.2 Å². The van der Waals surface area contributed by atoms with Gasteiger partial charge in [0, 0.05) is 0 Å². The fourth-order valence-corrected chi connectivity index (χ4v) is 4.55. The number of hydrogen-bond acceptors (Lipinski definition) is 7. The number of sulfonamides is 1. The lowest BCUT2D eigenvalue weighted by atomic mass is 10.2. The van der Waals surface area contributed by atoms with Gasteiger partial charge in [-0.15, -0.1) is 0 Å². The van der Waals surface area contributed by atoms with Crippen molar-refractivity contribution in [3.05, 3.63) is 83.9 Å². The first kappa shape index (κ1) is 26.2. The molecule has 10 nitrogen and oxygen atoms in total. The Balaban J connectivity index is 1.77. The molecule has 0 aromatic heterocycles. The van der Waals surface area contributed by atoms with Gasteiger partial charge in [-0.25, -0.2) is 13.8 Å². The molecule has 0 saturated carbocycles. The van der Waals surface area contributed by atoms with Crippen LogP contribution in [0.1, 0.15) is 11.1 Å². The molecule has 3 rings (SSSR count). The first-order valence-corrected chi connectivity index (χ1v) is 12.2. The zero-order chi connectivity index (χ0) is 26.1. The van der Waals surface area contributed by atoms with E-state index in [0.29, 0.717) is 17.1 Å². The number of amides is 2. The van der Waals surface area contributed by atoms with Crippen molar-refractivity contribution >= 4 is 33.7 Å². The van der Waals surface area contributed by atoms with Gasteiger partial charge in [0.1, 0.15) is 18.0 Å². The number of carbonyl (C=O) groups is 2. The number of anilines is 1.